The zero-order chi connectivity index (χ0) is 13.7. The van der Waals surface area contributed by atoms with Gasteiger partial charge in [-0.1, -0.05) is 6.07 Å². The summed E-state index contributed by atoms with van der Waals surface area (Å²) in [5, 5.41) is 19.8. The number of carbonyl (C=O) groups is 2. The van der Waals surface area contributed by atoms with Crippen LogP contribution in [0.1, 0.15) is 12.5 Å². The van der Waals surface area contributed by atoms with Crippen LogP contribution in [-0.4, -0.2) is 30.2 Å². The number of carbonyl (C=O) groups excluding carboxylic acids is 1. The maximum Gasteiger partial charge on any atom is 0.325 e. The van der Waals surface area contributed by atoms with Gasteiger partial charge in [0.2, 0.25) is 0 Å². The highest BCUT2D eigenvalue weighted by molar-refractivity contribution is 5.94. The lowest BCUT2D eigenvalue weighted by Gasteiger charge is -2.19. The summed E-state index contributed by atoms with van der Waals surface area (Å²) < 4.78 is 0. The lowest BCUT2D eigenvalue weighted by molar-refractivity contribution is -0.138. The van der Waals surface area contributed by atoms with E-state index >= 15 is 0 Å². The molecule has 0 spiro atoms. The Balaban J connectivity index is 2.80. The van der Waals surface area contributed by atoms with Gasteiger partial charge >= 0.3 is 12.0 Å². The van der Waals surface area contributed by atoms with Crippen molar-refractivity contribution in [2.75, 3.05) is 11.9 Å². The molecular formula is C12H13N3O3. The molecule has 1 rings (SSSR count). The molecule has 0 aliphatic rings. The number of hydrogen-bond acceptors (Lipinski definition) is 3. The number of nitrogens with one attached hydrogen (secondary N) is 1. The molecule has 6 heteroatoms. The Morgan fingerprint density at radius 2 is 2.17 bits per heavy atom. The average molecular weight is 247 g/mol. The zero-order valence-corrected chi connectivity index (χ0v) is 10.0. The van der Waals surface area contributed by atoms with Gasteiger partial charge in [-0.15, -0.1) is 0 Å². The number of carboxylic acids is 1. The summed E-state index contributed by atoms with van der Waals surface area (Å²) in [7, 11) is 1.50. The van der Waals surface area contributed by atoms with E-state index in [1.807, 2.05) is 6.07 Å². The third-order valence-electron chi connectivity index (χ3n) is 2.38. The first-order valence-electron chi connectivity index (χ1n) is 5.23. The van der Waals surface area contributed by atoms with Gasteiger partial charge in [0.15, 0.2) is 0 Å². The first-order valence-corrected chi connectivity index (χ1v) is 5.23. The van der Waals surface area contributed by atoms with Gasteiger partial charge in [-0.25, -0.2) is 4.79 Å². The van der Waals surface area contributed by atoms with Crippen molar-refractivity contribution in [3.8, 4) is 6.07 Å². The first-order chi connectivity index (χ1) is 8.45. The normalized spacial score (nSPS) is 11.2. The lowest BCUT2D eigenvalue weighted by atomic mass is 10.2. The SMILES string of the molecule is C[C@@H](NC(=O)N(C)c1cccc(C#N)c1)C(=O)O. The summed E-state index contributed by atoms with van der Waals surface area (Å²) in [5.74, 6) is -1.11. The number of rotatable bonds is 3. The fourth-order valence-corrected chi connectivity index (χ4v) is 1.25. The smallest absolute Gasteiger partial charge is 0.325 e. The van der Waals surface area contributed by atoms with Crippen LogP contribution in [0.25, 0.3) is 0 Å². The molecule has 0 aliphatic heterocycles. The van der Waals surface area contributed by atoms with Crippen molar-refractivity contribution in [1.82, 2.24) is 5.32 Å². The largest absolute Gasteiger partial charge is 0.480 e. The molecule has 0 aliphatic carbocycles. The van der Waals surface area contributed by atoms with Crippen molar-refractivity contribution < 1.29 is 14.7 Å². The molecule has 1 aromatic carbocycles. The molecule has 0 aromatic heterocycles. The van der Waals surface area contributed by atoms with Crippen LogP contribution in [0.3, 0.4) is 0 Å². The average Bonchev–Trinajstić information content (AvgIpc) is 2.37. The maximum absolute atomic E-state index is 11.7. The van der Waals surface area contributed by atoms with E-state index < -0.39 is 18.0 Å². The second kappa shape index (κ2) is 5.68. The Kier molecular flexibility index (Phi) is 4.27. The Bertz CT molecular complexity index is 508. The van der Waals surface area contributed by atoms with Crippen LogP contribution in [0.4, 0.5) is 10.5 Å². The standard InChI is InChI=1S/C12H13N3O3/c1-8(11(16)17)14-12(18)15(2)10-5-3-4-9(6-10)7-13/h3-6,8H,1-2H3,(H,14,18)(H,16,17)/t8-/m1/s1. The molecule has 0 heterocycles. The van der Waals surface area contributed by atoms with Crippen LogP contribution in [0.5, 0.6) is 0 Å². The van der Waals surface area contributed by atoms with Gasteiger partial charge in [0.1, 0.15) is 6.04 Å². The maximum atomic E-state index is 11.7. The van der Waals surface area contributed by atoms with Gasteiger partial charge in [0, 0.05) is 12.7 Å². The van der Waals surface area contributed by atoms with E-state index in [-0.39, 0.29) is 0 Å². The molecule has 18 heavy (non-hydrogen) atoms. The summed E-state index contributed by atoms with van der Waals surface area (Å²) in [4.78, 5) is 23.6. The minimum Gasteiger partial charge on any atom is -0.480 e. The number of urea groups is 1. The Labute approximate surface area is 104 Å². The summed E-state index contributed by atoms with van der Waals surface area (Å²) in [5.41, 5.74) is 0.947. The van der Waals surface area contributed by atoms with E-state index in [9.17, 15) is 9.59 Å². The predicted molar refractivity (Wildman–Crippen MR) is 65.2 cm³/mol. The first kappa shape index (κ1) is 13.5. The molecule has 0 bridgehead atoms. The number of carboxylic acid groups (broad SMARTS) is 1. The molecule has 0 fully saturated rings. The van der Waals surface area contributed by atoms with E-state index in [4.69, 9.17) is 10.4 Å². The molecule has 1 atom stereocenters. The van der Waals surface area contributed by atoms with Gasteiger partial charge < -0.3 is 10.4 Å². The third kappa shape index (κ3) is 3.22. The van der Waals surface area contributed by atoms with E-state index in [0.29, 0.717) is 11.3 Å². The second-order valence-corrected chi connectivity index (χ2v) is 3.73. The fraction of sp³-hybridized carbons (Fsp3) is 0.250. The molecule has 2 amide bonds. The van der Waals surface area contributed by atoms with Gasteiger partial charge in [-0.05, 0) is 25.1 Å². The monoisotopic (exact) mass is 247 g/mol. The lowest BCUT2D eigenvalue weighted by Crippen LogP contribution is -2.45. The number of benzene rings is 1. The minimum absolute atomic E-state index is 0.429. The highest BCUT2D eigenvalue weighted by atomic mass is 16.4. The quantitative estimate of drug-likeness (QED) is 0.838. The molecule has 0 saturated carbocycles. The third-order valence-corrected chi connectivity index (χ3v) is 2.38. The minimum atomic E-state index is -1.11. The second-order valence-electron chi connectivity index (χ2n) is 3.73. The Morgan fingerprint density at radius 3 is 2.72 bits per heavy atom. The number of hydrogen-bond donors (Lipinski definition) is 2. The Morgan fingerprint density at radius 1 is 1.50 bits per heavy atom. The van der Waals surface area contributed by atoms with Crippen molar-refractivity contribution in [3.05, 3.63) is 29.8 Å². The molecule has 94 valence electrons. The molecule has 0 radical (unpaired) electrons. The summed E-state index contributed by atoms with van der Waals surface area (Å²) >= 11 is 0. The number of anilines is 1. The molecule has 2 N–H and O–H groups in total. The highest BCUT2D eigenvalue weighted by Crippen LogP contribution is 2.14. The molecule has 0 saturated heterocycles. The van der Waals surface area contributed by atoms with Crippen LogP contribution in [0.2, 0.25) is 0 Å². The fourth-order valence-electron chi connectivity index (χ4n) is 1.25. The van der Waals surface area contributed by atoms with E-state index in [0.717, 1.165) is 0 Å². The number of nitrogens with zero attached hydrogens (tertiary/aromatic N) is 2. The van der Waals surface area contributed by atoms with Crippen LogP contribution < -0.4 is 10.2 Å². The topological polar surface area (TPSA) is 93.4 Å². The van der Waals surface area contributed by atoms with Crippen LogP contribution in [-0.2, 0) is 4.79 Å². The number of amides is 2. The van der Waals surface area contributed by atoms with Gasteiger partial charge in [-0.3, -0.25) is 9.69 Å². The highest BCUT2D eigenvalue weighted by Gasteiger charge is 2.17. The number of aliphatic carboxylic acids is 1. The predicted octanol–water partition coefficient (Wildman–Crippen LogP) is 1.18. The summed E-state index contributed by atoms with van der Waals surface area (Å²) in [6.07, 6.45) is 0. The number of nitriles is 1. The molecule has 6 nitrogen and oxygen atoms in total. The molecule has 1 aromatic rings. The van der Waals surface area contributed by atoms with Gasteiger partial charge in [0.25, 0.3) is 0 Å². The van der Waals surface area contributed by atoms with Crippen molar-refractivity contribution in [2.24, 2.45) is 0 Å². The van der Waals surface area contributed by atoms with E-state index in [1.54, 1.807) is 24.3 Å². The van der Waals surface area contributed by atoms with E-state index in [2.05, 4.69) is 5.32 Å². The van der Waals surface area contributed by atoms with Gasteiger partial charge in [0.05, 0.1) is 11.6 Å². The van der Waals surface area contributed by atoms with E-state index in [1.165, 1.54) is 18.9 Å². The van der Waals surface area contributed by atoms with Gasteiger partial charge in [-0.2, -0.15) is 5.26 Å². The summed E-state index contributed by atoms with van der Waals surface area (Å²) in [6.45, 7) is 1.37. The van der Waals surface area contributed by atoms with Crippen LogP contribution in [0, 0.1) is 11.3 Å². The van der Waals surface area contributed by atoms with Crippen molar-refractivity contribution in [1.29, 1.82) is 5.26 Å². The van der Waals surface area contributed by atoms with Crippen molar-refractivity contribution >= 4 is 17.7 Å². The zero-order valence-electron chi connectivity index (χ0n) is 10.0. The van der Waals surface area contributed by atoms with Crippen LogP contribution in [0.15, 0.2) is 24.3 Å². The van der Waals surface area contributed by atoms with Crippen molar-refractivity contribution in [3.63, 3.8) is 0 Å². The molecular weight excluding hydrogens is 234 g/mol. The Hall–Kier alpha value is -2.55. The van der Waals surface area contributed by atoms with Crippen molar-refractivity contribution in [2.45, 2.75) is 13.0 Å². The molecule has 0 unspecified atom stereocenters. The summed E-state index contributed by atoms with van der Waals surface area (Å²) in [6, 6.07) is 6.93. The van der Waals surface area contributed by atoms with Crippen LogP contribution >= 0.6 is 0 Å².